The monoisotopic (exact) mass is 445 g/mol. The third-order valence-corrected chi connectivity index (χ3v) is 8.29. The van der Waals surface area contributed by atoms with Crippen molar-refractivity contribution in [2.45, 2.75) is 40.5 Å². The van der Waals surface area contributed by atoms with Crippen LogP contribution >= 0.6 is 23.3 Å². The third kappa shape index (κ3) is 5.06. The zero-order valence-electron chi connectivity index (χ0n) is 16.2. The molecular formula is C19H25F2N3OS3. The first kappa shape index (κ1) is 21.5. The molecule has 154 valence electrons. The SMILES string of the molecule is CCc1cccc(NSc2ccc(S(=O)N(C)C)s2)c1N1CCC(F)(F)CC1. The molecule has 1 aromatic heterocycles. The van der Waals surface area contributed by atoms with Gasteiger partial charge in [0.2, 0.25) is 0 Å². The molecule has 2 aromatic rings. The van der Waals surface area contributed by atoms with Crippen LogP contribution in [0.25, 0.3) is 0 Å². The quantitative estimate of drug-likeness (QED) is 0.591. The minimum Gasteiger partial charge on any atom is -0.369 e. The Morgan fingerprint density at radius 3 is 2.61 bits per heavy atom. The summed E-state index contributed by atoms with van der Waals surface area (Å²) in [7, 11) is 2.41. The van der Waals surface area contributed by atoms with Gasteiger partial charge in [-0.2, -0.15) is 0 Å². The number of rotatable bonds is 7. The highest BCUT2D eigenvalue weighted by Crippen LogP contribution is 2.39. The number of halogens is 2. The second-order valence-corrected chi connectivity index (χ2v) is 11.0. The molecule has 28 heavy (non-hydrogen) atoms. The van der Waals surface area contributed by atoms with Gasteiger partial charge < -0.3 is 9.62 Å². The molecule has 9 heteroatoms. The van der Waals surface area contributed by atoms with Gasteiger partial charge in [0.05, 0.1) is 15.6 Å². The Kier molecular flexibility index (Phi) is 7.01. The van der Waals surface area contributed by atoms with Crippen molar-refractivity contribution in [1.29, 1.82) is 0 Å². The summed E-state index contributed by atoms with van der Waals surface area (Å²) >= 11 is 2.95. The fourth-order valence-electron chi connectivity index (χ4n) is 3.13. The van der Waals surface area contributed by atoms with Gasteiger partial charge in [-0.25, -0.2) is 17.3 Å². The molecule has 1 aromatic carbocycles. The van der Waals surface area contributed by atoms with Crippen molar-refractivity contribution >= 4 is 45.6 Å². The number of thiophene rings is 1. The van der Waals surface area contributed by atoms with Crippen molar-refractivity contribution in [3.63, 3.8) is 0 Å². The Morgan fingerprint density at radius 1 is 1.25 bits per heavy atom. The molecule has 1 aliphatic rings. The number of benzene rings is 1. The Hall–Kier alpha value is -1.16. The molecule has 0 spiro atoms. The largest absolute Gasteiger partial charge is 0.369 e. The zero-order valence-corrected chi connectivity index (χ0v) is 18.7. The average molecular weight is 446 g/mol. The van der Waals surface area contributed by atoms with E-state index in [-0.39, 0.29) is 12.8 Å². The molecular weight excluding hydrogens is 420 g/mol. The lowest BCUT2D eigenvalue weighted by Crippen LogP contribution is -2.40. The summed E-state index contributed by atoms with van der Waals surface area (Å²) in [4.78, 5) is 2.07. The maximum Gasteiger partial charge on any atom is 0.251 e. The zero-order chi connectivity index (χ0) is 20.3. The fraction of sp³-hybridized carbons (Fsp3) is 0.474. The number of para-hydroxylation sites is 1. The van der Waals surface area contributed by atoms with E-state index in [1.54, 1.807) is 18.4 Å². The Bertz CT molecular complexity index is 832. The summed E-state index contributed by atoms with van der Waals surface area (Å²) in [6.07, 6.45) is 0.623. The molecule has 0 bridgehead atoms. The maximum atomic E-state index is 13.6. The van der Waals surface area contributed by atoms with Crippen molar-refractivity contribution in [1.82, 2.24) is 4.31 Å². The smallest absolute Gasteiger partial charge is 0.251 e. The fourth-order valence-corrected chi connectivity index (χ4v) is 6.37. The lowest BCUT2D eigenvalue weighted by molar-refractivity contribution is -0.0220. The Morgan fingerprint density at radius 2 is 1.96 bits per heavy atom. The van der Waals surface area contributed by atoms with E-state index in [0.29, 0.717) is 13.1 Å². The Balaban J connectivity index is 1.76. The number of nitrogens with one attached hydrogen (secondary N) is 1. The minimum atomic E-state index is -2.56. The van der Waals surface area contributed by atoms with E-state index in [4.69, 9.17) is 0 Å². The molecule has 0 radical (unpaired) electrons. The van der Waals surface area contributed by atoms with Crippen LogP contribution in [0.2, 0.25) is 0 Å². The Labute approximate surface area is 176 Å². The molecule has 1 aliphatic heterocycles. The molecule has 0 aliphatic carbocycles. The highest BCUT2D eigenvalue weighted by atomic mass is 32.2. The number of aryl methyl sites for hydroxylation is 1. The predicted molar refractivity (Wildman–Crippen MR) is 116 cm³/mol. The van der Waals surface area contributed by atoms with Crippen LogP contribution in [0.5, 0.6) is 0 Å². The third-order valence-electron chi connectivity index (χ3n) is 4.63. The van der Waals surface area contributed by atoms with Crippen molar-refractivity contribution in [3.8, 4) is 0 Å². The number of hydrogen-bond donors (Lipinski definition) is 1. The topological polar surface area (TPSA) is 35.6 Å². The van der Waals surface area contributed by atoms with Gasteiger partial charge >= 0.3 is 0 Å². The van der Waals surface area contributed by atoms with Gasteiger partial charge in [-0.05, 0) is 56.2 Å². The van der Waals surface area contributed by atoms with Crippen LogP contribution < -0.4 is 9.62 Å². The summed E-state index contributed by atoms with van der Waals surface area (Å²) in [5, 5.41) is 0. The molecule has 2 heterocycles. The number of hydrogen-bond acceptors (Lipinski definition) is 5. The van der Waals surface area contributed by atoms with Gasteiger partial charge in [0.15, 0.2) is 0 Å². The molecule has 1 saturated heterocycles. The number of nitrogens with zero attached hydrogens (tertiary/aromatic N) is 2. The first-order valence-corrected chi connectivity index (χ1v) is 11.9. The predicted octanol–water partition coefficient (Wildman–Crippen LogP) is 5.25. The molecule has 4 nitrogen and oxygen atoms in total. The van der Waals surface area contributed by atoms with Crippen LogP contribution in [0.1, 0.15) is 25.3 Å². The normalized spacial score (nSPS) is 17.7. The van der Waals surface area contributed by atoms with Crippen LogP contribution in [-0.2, 0) is 17.4 Å². The van der Waals surface area contributed by atoms with Crippen molar-refractivity contribution < 1.29 is 13.0 Å². The summed E-state index contributed by atoms with van der Waals surface area (Å²) < 4.78 is 46.2. The van der Waals surface area contributed by atoms with Crippen molar-refractivity contribution in [3.05, 3.63) is 35.9 Å². The first-order chi connectivity index (χ1) is 13.3. The van der Waals surface area contributed by atoms with Crippen LogP contribution in [-0.4, -0.2) is 41.6 Å². The number of anilines is 2. The van der Waals surface area contributed by atoms with Crippen LogP contribution in [0.4, 0.5) is 20.2 Å². The molecule has 1 unspecified atom stereocenters. The van der Waals surface area contributed by atoms with E-state index in [2.05, 4.69) is 22.6 Å². The van der Waals surface area contributed by atoms with Crippen LogP contribution in [0.3, 0.4) is 0 Å². The standard InChI is InChI=1S/C19H25F2N3OS3/c1-4-14-6-5-7-15(18(14)24-12-10-19(20,21)11-13-24)22-27-16-8-9-17(26-16)28(25)23(2)3/h5-9,22H,4,10-13H2,1-3H3. The molecule has 1 atom stereocenters. The highest BCUT2D eigenvalue weighted by molar-refractivity contribution is 8.02. The summed E-state index contributed by atoms with van der Waals surface area (Å²) in [5.41, 5.74) is 3.09. The summed E-state index contributed by atoms with van der Waals surface area (Å²) in [5.74, 6) is -2.56. The highest BCUT2D eigenvalue weighted by Gasteiger charge is 2.35. The second-order valence-electron chi connectivity index (χ2n) is 6.85. The van der Waals surface area contributed by atoms with Gasteiger partial charge in [0, 0.05) is 25.9 Å². The van der Waals surface area contributed by atoms with Crippen molar-refractivity contribution in [2.24, 2.45) is 0 Å². The van der Waals surface area contributed by atoms with Gasteiger partial charge in [-0.15, -0.1) is 11.3 Å². The lowest BCUT2D eigenvalue weighted by atomic mass is 10.0. The molecule has 0 saturated carbocycles. The van der Waals surface area contributed by atoms with Crippen LogP contribution in [0, 0.1) is 0 Å². The molecule has 1 N–H and O–H groups in total. The minimum absolute atomic E-state index is 0.109. The van der Waals surface area contributed by atoms with Crippen molar-refractivity contribution in [2.75, 3.05) is 36.8 Å². The van der Waals surface area contributed by atoms with E-state index < -0.39 is 16.9 Å². The van der Waals surface area contributed by atoms with Gasteiger partial charge in [0.1, 0.15) is 15.2 Å². The molecule has 1 fully saturated rings. The van der Waals surface area contributed by atoms with E-state index in [1.165, 1.54) is 23.3 Å². The molecule has 3 rings (SSSR count). The second kappa shape index (κ2) is 9.11. The van der Waals surface area contributed by atoms with Crippen LogP contribution in [0.15, 0.2) is 38.8 Å². The number of piperidine rings is 1. The van der Waals surface area contributed by atoms with Gasteiger partial charge in [0.25, 0.3) is 5.92 Å². The lowest BCUT2D eigenvalue weighted by Gasteiger charge is -2.35. The maximum absolute atomic E-state index is 13.6. The van der Waals surface area contributed by atoms with E-state index in [9.17, 15) is 13.0 Å². The summed E-state index contributed by atoms with van der Waals surface area (Å²) in [6, 6.07) is 9.86. The van der Waals surface area contributed by atoms with E-state index in [0.717, 1.165) is 31.8 Å². The average Bonchev–Trinajstić information content (AvgIpc) is 3.14. The molecule has 0 amide bonds. The summed E-state index contributed by atoms with van der Waals surface area (Å²) in [6.45, 7) is 2.79. The van der Waals surface area contributed by atoms with Gasteiger partial charge in [-0.1, -0.05) is 19.1 Å². The van der Waals surface area contributed by atoms with E-state index >= 15 is 0 Å². The van der Waals surface area contributed by atoms with E-state index in [1.807, 2.05) is 24.3 Å². The van der Waals surface area contributed by atoms with Gasteiger partial charge in [-0.3, -0.25) is 0 Å². The number of alkyl halides is 2. The first-order valence-electron chi connectivity index (χ1n) is 9.17.